The number of nitrogens with zero attached hydrogens (tertiary/aromatic N) is 1. The second-order valence-electron chi connectivity index (χ2n) is 6.20. The normalized spacial score (nSPS) is 36.9. The van der Waals surface area contributed by atoms with E-state index in [1.807, 2.05) is 0 Å². The molecule has 3 unspecified atom stereocenters. The first-order valence-electron chi connectivity index (χ1n) is 7.66. The van der Waals surface area contributed by atoms with Crippen LogP contribution >= 0.6 is 0 Å². The van der Waals surface area contributed by atoms with E-state index in [0.717, 1.165) is 32.5 Å². The highest BCUT2D eigenvalue weighted by atomic mass is 16.5. The van der Waals surface area contributed by atoms with E-state index in [1.165, 1.54) is 0 Å². The summed E-state index contributed by atoms with van der Waals surface area (Å²) in [5.41, 5.74) is 6.63. The molecule has 4 heteroatoms. The molecule has 1 saturated heterocycles. The molecule has 4 nitrogen and oxygen atoms in total. The number of rotatable bonds is 7. The molecule has 1 saturated carbocycles. The van der Waals surface area contributed by atoms with Crippen LogP contribution in [0.5, 0.6) is 0 Å². The minimum atomic E-state index is -0.0768. The van der Waals surface area contributed by atoms with Crippen molar-refractivity contribution >= 4 is 0 Å². The highest BCUT2D eigenvalue weighted by Gasteiger charge is 2.73. The minimum absolute atomic E-state index is 0.0768. The molecule has 0 aromatic carbocycles. The van der Waals surface area contributed by atoms with Crippen LogP contribution in [-0.2, 0) is 4.74 Å². The van der Waals surface area contributed by atoms with Crippen molar-refractivity contribution in [3.63, 3.8) is 0 Å². The zero-order valence-electron chi connectivity index (χ0n) is 13.1. The highest BCUT2D eigenvalue weighted by molar-refractivity contribution is 5.28. The number of allylic oxidation sites excluding steroid dienone is 1. The zero-order valence-corrected chi connectivity index (χ0v) is 13.1. The molecule has 1 aliphatic heterocycles. The highest BCUT2D eigenvalue weighted by Crippen LogP contribution is 2.66. The van der Waals surface area contributed by atoms with E-state index in [1.54, 1.807) is 0 Å². The third-order valence-corrected chi connectivity index (χ3v) is 4.96. The van der Waals surface area contributed by atoms with Gasteiger partial charge in [-0.3, -0.25) is 15.8 Å². The molecule has 20 heavy (non-hydrogen) atoms. The molecule has 2 aliphatic rings. The van der Waals surface area contributed by atoms with Crippen LogP contribution in [0.4, 0.5) is 0 Å². The average molecular weight is 279 g/mol. The first-order valence-corrected chi connectivity index (χ1v) is 7.66. The quantitative estimate of drug-likeness (QED) is 0.551. The van der Waals surface area contributed by atoms with E-state index in [9.17, 15) is 0 Å². The zero-order chi connectivity index (χ0) is 14.6. The molecule has 1 spiro atoms. The van der Waals surface area contributed by atoms with Gasteiger partial charge in [-0.05, 0) is 26.8 Å². The molecule has 0 bridgehead atoms. The summed E-state index contributed by atoms with van der Waals surface area (Å²) in [7, 11) is 2.10. The standard InChI is InChI=1S/C16H29N3O/c1-5-7-8-11-19(4)13-20-15(3)14(6-2)16(15)9-10-17-18-12-16/h6-8,14,17-18H,2,5,9-13H2,1,3-4H3/b8-7-. The van der Waals surface area contributed by atoms with Gasteiger partial charge in [-0.1, -0.05) is 25.2 Å². The SMILES string of the molecule is C=CC1C2(CCNNC2)C1(C)OCN(C)C/C=C\CC. The topological polar surface area (TPSA) is 36.5 Å². The van der Waals surface area contributed by atoms with Gasteiger partial charge in [0.2, 0.25) is 0 Å². The Morgan fingerprint density at radius 3 is 2.80 bits per heavy atom. The van der Waals surface area contributed by atoms with E-state index < -0.39 is 0 Å². The fourth-order valence-corrected chi connectivity index (χ4v) is 3.55. The summed E-state index contributed by atoms with van der Waals surface area (Å²) < 4.78 is 6.28. The Bertz CT molecular complexity index is 363. The van der Waals surface area contributed by atoms with E-state index in [-0.39, 0.29) is 11.0 Å². The van der Waals surface area contributed by atoms with Gasteiger partial charge in [-0.25, -0.2) is 0 Å². The predicted octanol–water partition coefficient (Wildman–Crippen LogP) is 1.92. The molecular formula is C16H29N3O. The summed E-state index contributed by atoms with van der Waals surface area (Å²) in [4.78, 5) is 2.21. The molecule has 114 valence electrons. The second kappa shape index (κ2) is 6.39. The Balaban J connectivity index is 1.88. The van der Waals surface area contributed by atoms with Gasteiger partial charge >= 0.3 is 0 Å². The Morgan fingerprint density at radius 1 is 1.40 bits per heavy atom. The summed E-state index contributed by atoms with van der Waals surface area (Å²) in [5.74, 6) is 0.448. The summed E-state index contributed by atoms with van der Waals surface area (Å²) in [6.07, 6.45) is 8.70. The number of likely N-dealkylation sites (N-methyl/N-ethyl adjacent to an activating group) is 1. The molecule has 0 aromatic rings. The summed E-state index contributed by atoms with van der Waals surface area (Å²) in [5, 5.41) is 0. The van der Waals surface area contributed by atoms with Crippen molar-refractivity contribution in [2.24, 2.45) is 11.3 Å². The van der Waals surface area contributed by atoms with Crippen LogP contribution in [-0.4, -0.2) is 43.9 Å². The lowest BCUT2D eigenvalue weighted by Crippen LogP contribution is -2.47. The molecule has 0 aromatic heterocycles. The van der Waals surface area contributed by atoms with Crippen molar-refractivity contribution in [1.29, 1.82) is 0 Å². The van der Waals surface area contributed by atoms with Crippen molar-refractivity contribution in [3.8, 4) is 0 Å². The lowest BCUT2D eigenvalue weighted by molar-refractivity contribution is -0.0450. The molecule has 0 amide bonds. The Morgan fingerprint density at radius 2 is 2.20 bits per heavy atom. The smallest absolute Gasteiger partial charge is 0.0998 e. The van der Waals surface area contributed by atoms with Gasteiger partial charge in [0.1, 0.15) is 0 Å². The number of hydrogen-bond donors (Lipinski definition) is 2. The van der Waals surface area contributed by atoms with Crippen LogP contribution in [0, 0.1) is 11.3 Å². The number of hydrogen-bond acceptors (Lipinski definition) is 4. The van der Waals surface area contributed by atoms with Gasteiger partial charge < -0.3 is 4.74 Å². The van der Waals surface area contributed by atoms with Crippen molar-refractivity contribution in [2.75, 3.05) is 33.4 Å². The maximum atomic E-state index is 6.28. The van der Waals surface area contributed by atoms with Crippen LogP contribution in [0.2, 0.25) is 0 Å². The fourth-order valence-electron chi connectivity index (χ4n) is 3.55. The molecular weight excluding hydrogens is 250 g/mol. The lowest BCUT2D eigenvalue weighted by Gasteiger charge is -2.29. The summed E-state index contributed by atoms with van der Waals surface area (Å²) in [6.45, 7) is 12.0. The number of nitrogens with one attached hydrogen (secondary N) is 2. The van der Waals surface area contributed by atoms with E-state index in [2.05, 4.69) is 61.5 Å². The molecule has 0 radical (unpaired) electrons. The summed E-state index contributed by atoms with van der Waals surface area (Å²) >= 11 is 0. The lowest BCUT2D eigenvalue weighted by atomic mass is 9.95. The first-order chi connectivity index (χ1) is 9.60. The van der Waals surface area contributed by atoms with Crippen LogP contribution in [0.25, 0.3) is 0 Å². The summed E-state index contributed by atoms with van der Waals surface area (Å²) in [6, 6.07) is 0. The Kier molecular flexibility index (Phi) is 5.02. The van der Waals surface area contributed by atoms with E-state index in [4.69, 9.17) is 4.74 Å². The van der Waals surface area contributed by atoms with Crippen LogP contribution in [0.15, 0.2) is 24.8 Å². The average Bonchev–Trinajstić information content (AvgIpc) is 2.95. The van der Waals surface area contributed by atoms with Crippen molar-refractivity contribution in [1.82, 2.24) is 15.8 Å². The first kappa shape index (κ1) is 15.7. The van der Waals surface area contributed by atoms with Crippen molar-refractivity contribution in [2.45, 2.75) is 32.3 Å². The number of hydrazine groups is 1. The fraction of sp³-hybridized carbons (Fsp3) is 0.750. The Labute approximate surface area is 123 Å². The molecule has 1 heterocycles. The Hall–Kier alpha value is -0.680. The molecule has 2 rings (SSSR count). The van der Waals surface area contributed by atoms with Gasteiger partial charge in [0.15, 0.2) is 0 Å². The van der Waals surface area contributed by atoms with E-state index >= 15 is 0 Å². The van der Waals surface area contributed by atoms with Gasteiger partial charge in [0.05, 0.1) is 12.3 Å². The molecule has 1 aliphatic carbocycles. The third kappa shape index (κ3) is 2.70. The minimum Gasteiger partial charge on any atom is -0.359 e. The van der Waals surface area contributed by atoms with Crippen LogP contribution in [0.3, 0.4) is 0 Å². The van der Waals surface area contributed by atoms with Gasteiger partial charge in [-0.15, -0.1) is 6.58 Å². The van der Waals surface area contributed by atoms with Gasteiger partial charge in [0, 0.05) is 31.0 Å². The van der Waals surface area contributed by atoms with Crippen LogP contribution < -0.4 is 10.9 Å². The second-order valence-corrected chi connectivity index (χ2v) is 6.20. The number of ether oxygens (including phenoxy) is 1. The molecule has 3 atom stereocenters. The monoisotopic (exact) mass is 279 g/mol. The van der Waals surface area contributed by atoms with Crippen LogP contribution in [0.1, 0.15) is 26.7 Å². The maximum Gasteiger partial charge on any atom is 0.0998 e. The predicted molar refractivity (Wildman–Crippen MR) is 83.2 cm³/mol. The molecule has 2 fully saturated rings. The largest absolute Gasteiger partial charge is 0.359 e. The van der Waals surface area contributed by atoms with Gasteiger partial charge in [0.25, 0.3) is 0 Å². The maximum absolute atomic E-state index is 6.28. The van der Waals surface area contributed by atoms with Crippen molar-refractivity contribution < 1.29 is 4.74 Å². The third-order valence-electron chi connectivity index (χ3n) is 4.96. The van der Waals surface area contributed by atoms with Crippen molar-refractivity contribution in [3.05, 3.63) is 24.8 Å². The molecule has 2 N–H and O–H groups in total. The van der Waals surface area contributed by atoms with Gasteiger partial charge in [-0.2, -0.15) is 0 Å². The van der Waals surface area contributed by atoms with E-state index in [0.29, 0.717) is 12.6 Å².